The molecular formula is C28H30N2O7S. The Labute approximate surface area is 224 Å². The number of carbonyl (C=O) groups is 1. The van der Waals surface area contributed by atoms with Gasteiger partial charge in [0.15, 0.2) is 16.3 Å². The average molecular weight is 539 g/mol. The van der Waals surface area contributed by atoms with Gasteiger partial charge in [-0.25, -0.2) is 9.79 Å². The van der Waals surface area contributed by atoms with Gasteiger partial charge in [-0.2, -0.15) is 0 Å². The van der Waals surface area contributed by atoms with E-state index in [9.17, 15) is 9.59 Å². The summed E-state index contributed by atoms with van der Waals surface area (Å²) in [5, 5.41) is 0. The number of benzene rings is 2. The number of rotatable bonds is 8. The number of hydrogen-bond donors (Lipinski definition) is 0. The molecule has 0 bridgehead atoms. The summed E-state index contributed by atoms with van der Waals surface area (Å²) in [6.45, 7) is 5.31. The van der Waals surface area contributed by atoms with Crippen LogP contribution in [0.5, 0.6) is 23.0 Å². The van der Waals surface area contributed by atoms with Gasteiger partial charge >= 0.3 is 5.97 Å². The van der Waals surface area contributed by atoms with Gasteiger partial charge in [-0.1, -0.05) is 23.5 Å². The molecule has 0 fully saturated rings. The topological polar surface area (TPSA) is 97.6 Å². The minimum Gasteiger partial charge on any atom is -0.497 e. The maximum atomic E-state index is 13.8. The second kappa shape index (κ2) is 11.1. The monoisotopic (exact) mass is 538 g/mol. The van der Waals surface area contributed by atoms with Crippen LogP contribution in [0.15, 0.2) is 57.5 Å². The van der Waals surface area contributed by atoms with E-state index in [1.807, 2.05) is 12.1 Å². The lowest BCUT2D eigenvalue weighted by Gasteiger charge is -2.25. The Bertz CT molecular complexity index is 1540. The Morgan fingerprint density at radius 1 is 1.00 bits per heavy atom. The highest BCUT2D eigenvalue weighted by Crippen LogP contribution is 2.38. The Balaban J connectivity index is 1.93. The molecule has 38 heavy (non-hydrogen) atoms. The molecule has 0 aliphatic carbocycles. The van der Waals surface area contributed by atoms with Crippen LogP contribution in [0, 0.1) is 0 Å². The van der Waals surface area contributed by atoms with Gasteiger partial charge < -0.3 is 23.7 Å². The van der Waals surface area contributed by atoms with Gasteiger partial charge in [0.1, 0.15) is 5.75 Å². The van der Waals surface area contributed by atoms with Gasteiger partial charge in [-0.3, -0.25) is 9.36 Å². The van der Waals surface area contributed by atoms with E-state index >= 15 is 0 Å². The molecule has 0 spiro atoms. The normalized spacial score (nSPS) is 15.2. The smallest absolute Gasteiger partial charge is 0.338 e. The summed E-state index contributed by atoms with van der Waals surface area (Å²) in [5.41, 5.74) is 1.94. The minimum absolute atomic E-state index is 0.286. The highest BCUT2D eigenvalue weighted by molar-refractivity contribution is 7.07. The SMILES string of the molecule is COc1ccc(C2C(C(=O)OC(C)C)=C(C)N=c3s/c(=C\c4cc(OC)c(OC)c(OC)c4)c(=O)n32)cc1. The number of allylic oxidation sites excluding steroid dienone is 1. The molecule has 1 atom stereocenters. The predicted molar refractivity (Wildman–Crippen MR) is 144 cm³/mol. The number of esters is 1. The van der Waals surface area contributed by atoms with E-state index in [0.717, 1.165) is 5.56 Å². The summed E-state index contributed by atoms with van der Waals surface area (Å²) >= 11 is 1.24. The number of carbonyl (C=O) groups excluding carboxylic acids is 1. The molecular weight excluding hydrogens is 508 g/mol. The van der Waals surface area contributed by atoms with Gasteiger partial charge in [-0.15, -0.1) is 0 Å². The zero-order valence-electron chi connectivity index (χ0n) is 22.4. The van der Waals surface area contributed by atoms with Crippen LogP contribution in [-0.2, 0) is 9.53 Å². The maximum absolute atomic E-state index is 13.8. The molecule has 0 saturated heterocycles. The summed E-state index contributed by atoms with van der Waals surface area (Å²) in [6.07, 6.45) is 1.41. The van der Waals surface area contributed by atoms with Crippen molar-refractivity contribution in [2.24, 2.45) is 4.99 Å². The lowest BCUT2D eigenvalue weighted by Crippen LogP contribution is -2.40. The van der Waals surface area contributed by atoms with Crippen molar-refractivity contribution >= 4 is 23.4 Å². The molecule has 2 heterocycles. The van der Waals surface area contributed by atoms with Crippen molar-refractivity contribution in [1.29, 1.82) is 0 Å². The third-order valence-electron chi connectivity index (χ3n) is 6.00. The Hall–Kier alpha value is -4.05. The van der Waals surface area contributed by atoms with Crippen molar-refractivity contribution < 1.29 is 28.5 Å². The summed E-state index contributed by atoms with van der Waals surface area (Å²) in [5.74, 6) is 1.54. The van der Waals surface area contributed by atoms with Crippen LogP contribution >= 0.6 is 11.3 Å². The van der Waals surface area contributed by atoms with E-state index in [4.69, 9.17) is 23.7 Å². The summed E-state index contributed by atoms with van der Waals surface area (Å²) in [4.78, 5) is 32.2. The molecule has 1 unspecified atom stereocenters. The minimum atomic E-state index is -0.717. The first-order valence-corrected chi connectivity index (χ1v) is 12.7. The van der Waals surface area contributed by atoms with Crippen molar-refractivity contribution in [2.45, 2.75) is 32.9 Å². The van der Waals surface area contributed by atoms with Gasteiger partial charge in [0.2, 0.25) is 5.75 Å². The van der Waals surface area contributed by atoms with E-state index in [1.54, 1.807) is 62.8 Å². The van der Waals surface area contributed by atoms with Crippen molar-refractivity contribution in [3.63, 3.8) is 0 Å². The van der Waals surface area contributed by atoms with Gasteiger partial charge in [-0.05, 0) is 62.2 Å². The highest BCUT2D eigenvalue weighted by atomic mass is 32.1. The Morgan fingerprint density at radius 2 is 1.63 bits per heavy atom. The molecule has 3 aromatic rings. The number of fused-ring (bicyclic) bond motifs is 1. The molecule has 2 aromatic carbocycles. The molecule has 0 N–H and O–H groups in total. The third-order valence-corrected chi connectivity index (χ3v) is 6.98. The lowest BCUT2D eigenvalue weighted by molar-refractivity contribution is -0.143. The second-order valence-electron chi connectivity index (χ2n) is 8.77. The number of methoxy groups -OCH3 is 4. The van der Waals surface area contributed by atoms with Crippen LogP contribution in [0.2, 0.25) is 0 Å². The molecule has 0 radical (unpaired) electrons. The molecule has 0 saturated carbocycles. The molecule has 1 aliphatic rings. The van der Waals surface area contributed by atoms with E-state index in [0.29, 0.717) is 49.2 Å². The summed E-state index contributed by atoms with van der Waals surface area (Å²) < 4.78 is 29.1. The third kappa shape index (κ3) is 5.04. The lowest BCUT2D eigenvalue weighted by atomic mass is 9.96. The highest BCUT2D eigenvalue weighted by Gasteiger charge is 2.33. The van der Waals surface area contributed by atoms with Crippen LogP contribution in [0.25, 0.3) is 6.08 Å². The quantitative estimate of drug-likeness (QED) is 0.406. The van der Waals surface area contributed by atoms with E-state index in [2.05, 4.69) is 4.99 Å². The molecule has 4 rings (SSSR count). The number of nitrogens with zero attached hydrogens (tertiary/aromatic N) is 2. The second-order valence-corrected chi connectivity index (χ2v) is 9.78. The zero-order valence-corrected chi connectivity index (χ0v) is 23.2. The van der Waals surface area contributed by atoms with Gasteiger partial charge in [0.25, 0.3) is 5.56 Å². The van der Waals surface area contributed by atoms with Crippen molar-refractivity contribution in [3.05, 3.63) is 78.5 Å². The van der Waals surface area contributed by atoms with E-state index < -0.39 is 12.0 Å². The summed E-state index contributed by atoms with van der Waals surface area (Å²) in [6, 6.07) is 10.1. The van der Waals surface area contributed by atoms with Crippen molar-refractivity contribution in [1.82, 2.24) is 4.57 Å². The Morgan fingerprint density at radius 3 is 2.16 bits per heavy atom. The van der Waals surface area contributed by atoms with Crippen LogP contribution in [0.1, 0.15) is 37.9 Å². The standard InChI is InChI=1S/C28H30N2O7S/c1-15(2)37-27(32)23-16(3)29-28-30(24(23)18-8-10-19(33-4)11-9-18)26(31)22(38-28)14-17-12-20(34-5)25(36-7)21(13-17)35-6/h8-15,24H,1-7H3/b22-14-. The Kier molecular flexibility index (Phi) is 7.91. The molecule has 9 nitrogen and oxygen atoms in total. The fourth-order valence-corrected chi connectivity index (χ4v) is 5.34. The number of aromatic nitrogens is 1. The first-order valence-electron chi connectivity index (χ1n) is 11.9. The molecule has 10 heteroatoms. The fraction of sp³-hybridized carbons (Fsp3) is 0.321. The zero-order chi connectivity index (χ0) is 27.6. The average Bonchev–Trinajstić information content (AvgIpc) is 3.20. The number of ether oxygens (including phenoxy) is 5. The van der Waals surface area contributed by atoms with E-state index in [1.165, 1.54) is 32.7 Å². The molecule has 200 valence electrons. The maximum Gasteiger partial charge on any atom is 0.338 e. The summed E-state index contributed by atoms with van der Waals surface area (Å²) in [7, 11) is 6.17. The first-order chi connectivity index (χ1) is 18.2. The number of hydrogen-bond acceptors (Lipinski definition) is 9. The van der Waals surface area contributed by atoms with Crippen LogP contribution in [0.3, 0.4) is 0 Å². The van der Waals surface area contributed by atoms with E-state index in [-0.39, 0.29) is 11.7 Å². The molecule has 1 aliphatic heterocycles. The largest absolute Gasteiger partial charge is 0.497 e. The van der Waals surface area contributed by atoms with Crippen LogP contribution in [-0.4, -0.2) is 45.1 Å². The fourth-order valence-electron chi connectivity index (χ4n) is 4.30. The molecule has 0 amide bonds. The van der Waals surface area contributed by atoms with Crippen LogP contribution in [0.4, 0.5) is 0 Å². The number of thiazole rings is 1. The van der Waals surface area contributed by atoms with Crippen molar-refractivity contribution in [2.75, 3.05) is 28.4 Å². The predicted octanol–water partition coefficient (Wildman–Crippen LogP) is 3.22. The van der Waals surface area contributed by atoms with Crippen molar-refractivity contribution in [3.8, 4) is 23.0 Å². The first kappa shape index (κ1) is 27.0. The van der Waals surface area contributed by atoms with Gasteiger partial charge in [0, 0.05) is 0 Å². The molecule has 1 aromatic heterocycles. The van der Waals surface area contributed by atoms with Gasteiger partial charge in [0.05, 0.1) is 56.4 Å². The van der Waals surface area contributed by atoms with Crippen LogP contribution < -0.4 is 33.8 Å².